The molecule has 2 heterocycles. The number of sulfonamides is 1. The SMILES string of the molecule is COc1ccccc1-c1sc(S(=O)(=O)Nc2ccc(C(F)(F)F)c(O[C@@H]3CCN(C)C3)c2)cc1Cl. The normalized spacial score (nSPS) is 16.9. The number of anilines is 1. The molecule has 1 aliphatic heterocycles. The maximum atomic E-state index is 13.6. The maximum Gasteiger partial charge on any atom is 0.419 e. The lowest BCUT2D eigenvalue weighted by Crippen LogP contribution is -2.23. The van der Waals surface area contributed by atoms with Crippen molar-refractivity contribution in [1.29, 1.82) is 0 Å². The fourth-order valence-corrected chi connectivity index (χ4v) is 6.68. The first kappa shape index (κ1) is 25.6. The van der Waals surface area contributed by atoms with Crippen molar-refractivity contribution in [2.45, 2.75) is 22.9 Å². The highest BCUT2D eigenvalue weighted by molar-refractivity contribution is 7.94. The Labute approximate surface area is 210 Å². The summed E-state index contributed by atoms with van der Waals surface area (Å²) in [7, 11) is -0.801. The second-order valence-corrected chi connectivity index (χ2v) is 11.4. The van der Waals surface area contributed by atoms with Gasteiger partial charge in [-0.1, -0.05) is 23.7 Å². The van der Waals surface area contributed by atoms with Gasteiger partial charge in [-0.25, -0.2) is 8.42 Å². The molecule has 0 unspecified atom stereocenters. The zero-order chi connectivity index (χ0) is 25.4. The number of thiophene rings is 1. The smallest absolute Gasteiger partial charge is 0.419 e. The average Bonchev–Trinajstić information content (AvgIpc) is 3.38. The minimum atomic E-state index is -4.65. The van der Waals surface area contributed by atoms with Crippen LogP contribution in [0.15, 0.2) is 52.7 Å². The summed E-state index contributed by atoms with van der Waals surface area (Å²) in [5, 5.41) is 0.210. The molecule has 0 bridgehead atoms. The number of methoxy groups -OCH3 is 1. The van der Waals surface area contributed by atoms with Gasteiger partial charge in [0.2, 0.25) is 0 Å². The lowest BCUT2D eigenvalue weighted by molar-refractivity contribution is -0.139. The largest absolute Gasteiger partial charge is 0.496 e. The topological polar surface area (TPSA) is 67.9 Å². The van der Waals surface area contributed by atoms with Gasteiger partial charge in [0.05, 0.1) is 28.3 Å². The summed E-state index contributed by atoms with van der Waals surface area (Å²) in [5.74, 6) is 0.104. The zero-order valence-corrected chi connectivity index (χ0v) is 21.1. The van der Waals surface area contributed by atoms with Crippen molar-refractivity contribution in [2.75, 3.05) is 32.0 Å². The van der Waals surface area contributed by atoms with Gasteiger partial charge in [-0.3, -0.25) is 4.72 Å². The van der Waals surface area contributed by atoms with Crippen molar-refractivity contribution in [3.63, 3.8) is 0 Å². The van der Waals surface area contributed by atoms with E-state index in [-0.39, 0.29) is 14.9 Å². The molecule has 1 aliphatic rings. The number of ether oxygens (including phenoxy) is 2. The van der Waals surface area contributed by atoms with Crippen LogP contribution in [0.1, 0.15) is 12.0 Å². The van der Waals surface area contributed by atoms with Crippen LogP contribution in [-0.4, -0.2) is 46.7 Å². The first-order chi connectivity index (χ1) is 16.5. The lowest BCUT2D eigenvalue weighted by Gasteiger charge is -2.19. The Morgan fingerprint density at radius 2 is 1.89 bits per heavy atom. The Morgan fingerprint density at radius 1 is 1.14 bits per heavy atom. The van der Waals surface area contributed by atoms with Crippen molar-refractivity contribution < 1.29 is 31.1 Å². The highest BCUT2D eigenvalue weighted by Crippen LogP contribution is 2.43. The van der Waals surface area contributed by atoms with E-state index >= 15 is 0 Å². The third-order valence-corrected chi connectivity index (χ3v) is 8.89. The van der Waals surface area contributed by atoms with Crippen LogP contribution in [0.2, 0.25) is 5.02 Å². The van der Waals surface area contributed by atoms with Crippen LogP contribution >= 0.6 is 22.9 Å². The average molecular weight is 547 g/mol. The molecule has 12 heteroatoms. The molecule has 1 N–H and O–H groups in total. The Hall–Kier alpha value is -2.47. The molecule has 1 aromatic heterocycles. The van der Waals surface area contributed by atoms with E-state index in [9.17, 15) is 21.6 Å². The van der Waals surface area contributed by atoms with Crippen molar-refractivity contribution in [2.24, 2.45) is 0 Å². The first-order valence-corrected chi connectivity index (χ1v) is 13.2. The van der Waals surface area contributed by atoms with Crippen LogP contribution in [0, 0.1) is 0 Å². The molecule has 0 spiro atoms. The molecule has 3 aromatic rings. The van der Waals surface area contributed by atoms with Crippen LogP contribution < -0.4 is 14.2 Å². The number of nitrogens with zero attached hydrogens (tertiary/aromatic N) is 1. The molecule has 1 saturated heterocycles. The predicted molar refractivity (Wildman–Crippen MR) is 130 cm³/mol. The van der Waals surface area contributed by atoms with E-state index < -0.39 is 33.6 Å². The fourth-order valence-electron chi connectivity index (χ4n) is 3.79. The highest BCUT2D eigenvalue weighted by Gasteiger charge is 2.36. The van der Waals surface area contributed by atoms with E-state index in [0.717, 1.165) is 29.5 Å². The van der Waals surface area contributed by atoms with Gasteiger partial charge in [0.25, 0.3) is 10.0 Å². The number of nitrogens with one attached hydrogen (secondary N) is 1. The molecular weight excluding hydrogens is 525 g/mol. The number of hydrogen-bond donors (Lipinski definition) is 1. The second-order valence-electron chi connectivity index (χ2n) is 8.05. The van der Waals surface area contributed by atoms with Gasteiger partial charge < -0.3 is 14.4 Å². The number of para-hydroxylation sites is 1. The van der Waals surface area contributed by atoms with E-state index in [1.165, 1.54) is 13.2 Å². The van der Waals surface area contributed by atoms with Gasteiger partial charge in [0.15, 0.2) is 0 Å². The third kappa shape index (κ3) is 5.69. The second kappa shape index (κ2) is 9.88. The molecule has 188 valence electrons. The minimum Gasteiger partial charge on any atom is -0.496 e. The zero-order valence-electron chi connectivity index (χ0n) is 18.7. The van der Waals surface area contributed by atoms with Crippen LogP contribution in [0.25, 0.3) is 10.4 Å². The van der Waals surface area contributed by atoms with Crippen LogP contribution in [-0.2, 0) is 16.2 Å². The molecule has 1 fully saturated rings. The van der Waals surface area contributed by atoms with Gasteiger partial charge in [0.1, 0.15) is 21.8 Å². The Bertz CT molecular complexity index is 1330. The summed E-state index contributed by atoms with van der Waals surface area (Å²) in [4.78, 5) is 2.44. The number of hydrogen-bond acceptors (Lipinski definition) is 6. The summed E-state index contributed by atoms with van der Waals surface area (Å²) < 4.78 is 80.0. The Morgan fingerprint density at radius 3 is 2.54 bits per heavy atom. The van der Waals surface area contributed by atoms with Gasteiger partial charge in [-0.2, -0.15) is 13.2 Å². The Balaban J connectivity index is 1.64. The maximum absolute atomic E-state index is 13.6. The van der Waals surface area contributed by atoms with Crippen molar-refractivity contribution in [1.82, 2.24) is 4.90 Å². The monoisotopic (exact) mass is 546 g/mol. The van der Waals surface area contributed by atoms with Gasteiger partial charge in [-0.05, 0) is 43.8 Å². The molecule has 4 rings (SSSR count). The first-order valence-electron chi connectivity index (χ1n) is 10.5. The van der Waals surface area contributed by atoms with Gasteiger partial charge >= 0.3 is 6.18 Å². The van der Waals surface area contributed by atoms with E-state index in [0.29, 0.717) is 35.7 Å². The summed E-state index contributed by atoms with van der Waals surface area (Å²) in [6, 6.07) is 11.3. The number of alkyl halides is 3. The molecule has 1 atom stereocenters. The summed E-state index contributed by atoms with van der Waals surface area (Å²) in [6.07, 6.45) is -4.50. The number of halogens is 4. The molecule has 35 heavy (non-hydrogen) atoms. The predicted octanol–water partition coefficient (Wildman–Crippen LogP) is 5.98. The number of rotatable bonds is 7. The standard InChI is InChI=1S/C23H22ClF3N2O4S2/c1-29-10-9-15(13-29)33-20-11-14(7-8-17(20)23(25,26)27)28-35(30,31)21-12-18(24)22(34-21)16-5-3-4-6-19(16)32-2/h3-8,11-12,15,28H,9-10,13H2,1-2H3/t15-/m1/s1. The van der Waals surface area contributed by atoms with Crippen LogP contribution in [0.3, 0.4) is 0 Å². The number of benzene rings is 2. The summed E-state index contributed by atoms with van der Waals surface area (Å²) >= 11 is 7.26. The quantitative estimate of drug-likeness (QED) is 0.395. The Kier molecular flexibility index (Phi) is 7.23. The van der Waals surface area contributed by atoms with Crippen molar-refractivity contribution >= 4 is 38.6 Å². The van der Waals surface area contributed by atoms with Gasteiger partial charge in [0, 0.05) is 24.7 Å². The van der Waals surface area contributed by atoms with Crippen LogP contribution in [0.5, 0.6) is 11.5 Å². The highest BCUT2D eigenvalue weighted by atomic mass is 35.5. The molecule has 2 aromatic carbocycles. The van der Waals surface area contributed by atoms with Crippen molar-refractivity contribution in [3.05, 3.63) is 59.1 Å². The number of likely N-dealkylation sites (tertiary alicyclic amines) is 1. The van der Waals surface area contributed by atoms with E-state index in [1.807, 2.05) is 11.9 Å². The van der Waals surface area contributed by atoms with E-state index in [4.69, 9.17) is 21.1 Å². The fraction of sp³-hybridized carbons (Fsp3) is 0.304. The molecule has 6 nitrogen and oxygen atoms in total. The van der Waals surface area contributed by atoms with Crippen molar-refractivity contribution in [3.8, 4) is 21.9 Å². The molecule has 0 radical (unpaired) electrons. The minimum absolute atomic E-state index is 0.0530. The molecule has 0 aliphatic carbocycles. The summed E-state index contributed by atoms with van der Waals surface area (Å²) in [5.41, 5.74) is -0.395. The van der Waals surface area contributed by atoms with Gasteiger partial charge in [-0.15, -0.1) is 11.3 Å². The molecule has 0 saturated carbocycles. The molecule has 0 amide bonds. The van der Waals surface area contributed by atoms with Crippen LogP contribution in [0.4, 0.5) is 18.9 Å². The lowest BCUT2D eigenvalue weighted by atomic mass is 10.1. The van der Waals surface area contributed by atoms with E-state index in [1.54, 1.807) is 24.3 Å². The number of likely N-dealkylation sites (N-methyl/N-ethyl adjacent to an activating group) is 1. The third-order valence-electron chi connectivity index (χ3n) is 5.46. The molecular formula is C23H22ClF3N2O4S2. The summed E-state index contributed by atoms with van der Waals surface area (Å²) in [6.45, 7) is 1.18. The van der Waals surface area contributed by atoms with E-state index in [2.05, 4.69) is 4.72 Å².